The van der Waals surface area contributed by atoms with E-state index in [9.17, 15) is 18.0 Å². The molecule has 0 atom stereocenters. The smallest absolute Gasteiger partial charge is 0.387 e. The molecule has 24 heavy (non-hydrogen) atoms. The summed E-state index contributed by atoms with van der Waals surface area (Å²) in [5, 5.41) is 2.67. The maximum atomic E-state index is 13.1. The number of amides is 1. The van der Waals surface area contributed by atoms with Crippen LogP contribution in [0.5, 0.6) is 11.5 Å². The maximum absolute atomic E-state index is 13.1. The normalized spacial score (nSPS) is 10.5. The number of rotatable bonds is 7. The number of methoxy groups -OCH3 is 1. The fourth-order valence-corrected chi connectivity index (χ4v) is 2.11. The molecule has 1 amide bonds. The van der Waals surface area contributed by atoms with E-state index < -0.39 is 12.4 Å². The SMILES string of the molecule is COc1cc(CNC(=O)Cc2cccc(F)c2)ccc1OC(F)F. The Morgan fingerprint density at radius 3 is 2.58 bits per heavy atom. The van der Waals surface area contributed by atoms with Gasteiger partial charge in [-0.2, -0.15) is 8.78 Å². The highest BCUT2D eigenvalue weighted by atomic mass is 19.3. The molecular weight excluding hydrogens is 323 g/mol. The van der Waals surface area contributed by atoms with Crippen LogP contribution in [-0.2, 0) is 17.8 Å². The van der Waals surface area contributed by atoms with Gasteiger partial charge in [-0.1, -0.05) is 18.2 Å². The van der Waals surface area contributed by atoms with Crippen LogP contribution in [0.2, 0.25) is 0 Å². The average Bonchev–Trinajstić information content (AvgIpc) is 2.53. The van der Waals surface area contributed by atoms with Crippen molar-refractivity contribution < 1.29 is 27.4 Å². The van der Waals surface area contributed by atoms with Gasteiger partial charge in [0.15, 0.2) is 11.5 Å². The van der Waals surface area contributed by atoms with Gasteiger partial charge in [0.1, 0.15) is 5.82 Å². The maximum Gasteiger partial charge on any atom is 0.387 e. The number of nitrogens with one attached hydrogen (secondary N) is 1. The number of halogens is 3. The lowest BCUT2D eigenvalue weighted by molar-refractivity contribution is -0.120. The van der Waals surface area contributed by atoms with Crippen molar-refractivity contribution in [2.75, 3.05) is 7.11 Å². The number of hydrogen-bond donors (Lipinski definition) is 1. The summed E-state index contributed by atoms with van der Waals surface area (Å²) in [6, 6.07) is 10.2. The van der Waals surface area contributed by atoms with Crippen LogP contribution in [-0.4, -0.2) is 19.6 Å². The van der Waals surface area contributed by atoms with Crippen LogP contribution in [0.3, 0.4) is 0 Å². The highest BCUT2D eigenvalue weighted by Crippen LogP contribution is 2.29. The van der Waals surface area contributed by atoms with Crippen molar-refractivity contribution >= 4 is 5.91 Å². The van der Waals surface area contributed by atoms with Gasteiger partial charge in [0.05, 0.1) is 13.5 Å². The molecule has 0 fully saturated rings. The minimum atomic E-state index is -2.95. The van der Waals surface area contributed by atoms with Gasteiger partial charge >= 0.3 is 6.61 Å². The van der Waals surface area contributed by atoms with Crippen molar-refractivity contribution in [1.82, 2.24) is 5.32 Å². The summed E-state index contributed by atoms with van der Waals surface area (Å²) in [5.74, 6) is -0.623. The summed E-state index contributed by atoms with van der Waals surface area (Å²) >= 11 is 0. The number of carbonyl (C=O) groups excluding carboxylic acids is 1. The summed E-state index contributed by atoms with van der Waals surface area (Å²) in [4.78, 5) is 11.9. The van der Waals surface area contributed by atoms with E-state index in [0.29, 0.717) is 11.1 Å². The molecule has 0 bridgehead atoms. The van der Waals surface area contributed by atoms with E-state index in [-0.39, 0.29) is 30.4 Å². The second-order valence-electron chi connectivity index (χ2n) is 4.95. The Labute approximate surface area is 137 Å². The molecule has 0 spiro atoms. The van der Waals surface area contributed by atoms with Crippen molar-refractivity contribution in [2.24, 2.45) is 0 Å². The summed E-state index contributed by atoms with van der Waals surface area (Å²) < 4.78 is 46.9. The molecule has 7 heteroatoms. The topological polar surface area (TPSA) is 47.6 Å². The van der Waals surface area contributed by atoms with E-state index in [1.165, 1.54) is 37.4 Å². The molecule has 0 saturated carbocycles. The summed E-state index contributed by atoms with van der Waals surface area (Å²) in [5.41, 5.74) is 1.21. The molecule has 128 valence electrons. The van der Waals surface area contributed by atoms with Gasteiger partial charge in [-0.25, -0.2) is 4.39 Å². The molecule has 1 N–H and O–H groups in total. The van der Waals surface area contributed by atoms with Gasteiger partial charge in [-0.05, 0) is 35.4 Å². The van der Waals surface area contributed by atoms with Crippen LogP contribution in [0.4, 0.5) is 13.2 Å². The quantitative estimate of drug-likeness (QED) is 0.842. The molecule has 0 aliphatic rings. The van der Waals surface area contributed by atoms with Gasteiger partial charge in [0.25, 0.3) is 0 Å². The van der Waals surface area contributed by atoms with Crippen LogP contribution >= 0.6 is 0 Å². The number of alkyl halides is 2. The Morgan fingerprint density at radius 1 is 1.12 bits per heavy atom. The third kappa shape index (κ3) is 5.19. The molecule has 0 saturated heterocycles. The zero-order chi connectivity index (χ0) is 17.5. The minimum Gasteiger partial charge on any atom is -0.493 e. The number of carbonyl (C=O) groups is 1. The molecule has 0 aromatic heterocycles. The lowest BCUT2D eigenvalue weighted by Gasteiger charge is -2.12. The van der Waals surface area contributed by atoms with E-state index in [2.05, 4.69) is 10.1 Å². The molecular formula is C17H16F3NO3. The largest absolute Gasteiger partial charge is 0.493 e. The predicted octanol–water partition coefficient (Wildman–Crippen LogP) is 3.29. The van der Waals surface area contributed by atoms with Crippen molar-refractivity contribution in [1.29, 1.82) is 0 Å². The number of ether oxygens (including phenoxy) is 2. The van der Waals surface area contributed by atoms with Crippen LogP contribution < -0.4 is 14.8 Å². The van der Waals surface area contributed by atoms with Gasteiger partial charge < -0.3 is 14.8 Å². The molecule has 0 aliphatic heterocycles. The van der Waals surface area contributed by atoms with Crippen molar-refractivity contribution in [2.45, 2.75) is 19.6 Å². The van der Waals surface area contributed by atoms with E-state index >= 15 is 0 Å². The summed E-state index contributed by atoms with van der Waals surface area (Å²) in [6.45, 7) is -2.77. The molecule has 0 heterocycles. The molecule has 2 aromatic carbocycles. The highest BCUT2D eigenvalue weighted by molar-refractivity contribution is 5.78. The van der Waals surface area contributed by atoms with Gasteiger partial charge in [-0.3, -0.25) is 4.79 Å². The Morgan fingerprint density at radius 2 is 1.92 bits per heavy atom. The number of benzene rings is 2. The van der Waals surface area contributed by atoms with Crippen LogP contribution in [0, 0.1) is 5.82 Å². The summed E-state index contributed by atoms with van der Waals surface area (Å²) in [6.07, 6.45) is 0.0431. The van der Waals surface area contributed by atoms with Gasteiger partial charge in [0.2, 0.25) is 5.91 Å². The van der Waals surface area contributed by atoms with Crippen LogP contribution in [0.25, 0.3) is 0 Å². The highest BCUT2D eigenvalue weighted by Gasteiger charge is 2.11. The Hall–Kier alpha value is -2.70. The Bertz CT molecular complexity index is 707. The first kappa shape index (κ1) is 17.7. The van der Waals surface area contributed by atoms with Gasteiger partial charge in [-0.15, -0.1) is 0 Å². The number of hydrogen-bond acceptors (Lipinski definition) is 3. The second-order valence-corrected chi connectivity index (χ2v) is 4.95. The lowest BCUT2D eigenvalue weighted by Crippen LogP contribution is -2.24. The van der Waals surface area contributed by atoms with Crippen molar-refractivity contribution in [3.63, 3.8) is 0 Å². The molecule has 2 aromatic rings. The first-order valence-corrected chi connectivity index (χ1v) is 7.11. The molecule has 0 radical (unpaired) electrons. The van der Waals surface area contributed by atoms with E-state index in [4.69, 9.17) is 4.74 Å². The zero-order valence-electron chi connectivity index (χ0n) is 12.9. The minimum absolute atomic E-state index is 0.0431. The van der Waals surface area contributed by atoms with Gasteiger partial charge in [0, 0.05) is 6.54 Å². The third-order valence-electron chi connectivity index (χ3n) is 3.19. The molecule has 2 rings (SSSR count). The predicted molar refractivity (Wildman–Crippen MR) is 81.6 cm³/mol. The average molecular weight is 339 g/mol. The fraction of sp³-hybridized carbons (Fsp3) is 0.235. The lowest BCUT2D eigenvalue weighted by atomic mass is 10.1. The standard InChI is InChI=1S/C17H16F3NO3/c1-23-15-8-12(5-6-14(15)24-17(19)20)10-21-16(22)9-11-3-2-4-13(18)7-11/h2-8,17H,9-10H2,1H3,(H,21,22). The fourth-order valence-electron chi connectivity index (χ4n) is 2.11. The molecule has 0 unspecified atom stereocenters. The van der Waals surface area contributed by atoms with Crippen molar-refractivity contribution in [3.8, 4) is 11.5 Å². The summed E-state index contributed by atoms with van der Waals surface area (Å²) in [7, 11) is 1.33. The first-order valence-electron chi connectivity index (χ1n) is 7.11. The zero-order valence-corrected chi connectivity index (χ0v) is 12.9. The molecule has 0 aliphatic carbocycles. The second kappa shape index (κ2) is 8.24. The molecule has 4 nitrogen and oxygen atoms in total. The Kier molecular flexibility index (Phi) is 6.06. The van der Waals surface area contributed by atoms with Crippen molar-refractivity contribution in [3.05, 3.63) is 59.4 Å². The van der Waals surface area contributed by atoms with E-state index in [1.807, 2.05) is 0 Å². The monoisotopic (exact) mass is 339 g/mol. The van der Waals surface area contributed by atoms with E-state index in [1.54, 1.807) is 12.1 Å². The van der Waals surface area contributed by atoms with Crippen LogP contribution in [0.1, 0.15) is 11.1 Å². The third-order valence-corrected chi connectivity index (χ3v) is 3.19. The van der Waals surface area contributed by atoms with E-state index in [0.717, 1.165) is 0 Å². The first-order chi connectivity index (χ1) is 11.5. The Balaban J connectivity index is 1.94. The van der Waals surface area contributed by atoms with Crippen LogP contribution in [0.15, 0.2) is 42.5 Å².